The fraction of sp³-hybridized carbons (Fsp3) is 0.833. The molecule has 0 saturated heterocycles. The Hall–Kier alpha value is -1.10. The van der Waals surface area contributed by atoms with E-state index in [4.69, 9.17) is 10.8 Å². The number of carbonyl (C=O) groups excluding carboxylic acids is 1. The van der Waals surface area contributed by atoms with Crippen molar-refractivity contribution in [1.82, 2.24) is 5.32 Å². The van der Waals surface area contributed by atoms with Gasteiger partial charge in [-0.15, -0.1) is 0 Å². The topological polar surface area (TPSA) is 92.4 Å². The van der Waals surface area contributed by atoms with Crippen LogP contribution in [0.1, 0.15) is 45.4 Å². The lowest BCUT2D eigenvalue weighted by Gasteiger charge is -2.29. The van der Waals surface area contributed by atoms with Gasteiger partial charge < -0.3 is 16.2 Å². The molecule has 3 atom stereocenters. The summed E-state index contributed by atoms with van der Waals surface area (Å²) in [7, 11) is 0. The molecule has 1 saturated carbocycles. The van der Waals surface area contributed by atoms with Gasteiger partial charge in [0.15, 0.2) is 0 Å². The molecule has 3 unspecified atom stereocenters. The molecule has 0 radical (unpaired) electrons. The van der Waals surface area contributed by atoms with Crippen LogP contribution in [0, 0.1) is 5.92 Å². The average molecular weight is 242 g/mol. The second-order valence-electron chi connectivity index (χ2n) is 4.92. The van der Waals surface area contributed by atoms with Gasteiger partial charge in [0.1, 0.15) is 0 Å². The van der Waals surface area contributed by atoms with E-state index in [0.717, 1.165) is 19.3 Å². The molecule has 0 aromatic rings. The van der Waals surface area contributed by atoms with Crippen molar-refractivity contribution in [2.24, 2.45) is 11.7 Å². The Labute approximate surface area is 102 Å². The van der Waals surface area contributed by atoms with Crippen molar-refractivity contribution in [3.05, 3.63) is 0 Å². The lowest BCUT2D eigenvalue weighted by molar-refractivity contribution is -0.144. The Morgan fingerprint density at radius 2 is 2.06 bits per heavy atom. The third kappa shape index (κ3) is 4.73. The smallest absolute Gasteiger partial charge is 0.308 e. The van der Waals surface area contributed by atoms with Crippen molar-refractivity contribution in [2.75, 3.05) is 0 Å². The molecule has 0 aromatic heterocycles. The van der Waals surface area contributed by atoms with E-state index in [1.165, 1.54) is 0 Å². The number of aliphatic carboxylic acids is 1. The number of hydrogen-bond acceptors (Lipinski definition) is 3. The van der Waals surface area contributed by atoms with Crippen LogP contribution in [0.3, 0.4) is 0 Å². The van der Waals surface area contributed by atoms with Crippen LogP contribution < -0.4 is 11.1 Å². The van der Waals surface area contributed by atoms with E-state index in [0.29, 0.717) is 19.3 Å². The monoisotopic (exact) mass is 242 g/mol. The number of carbonyl (C=O) groups is 2. The normalized spacial score (nSPS) is 26.2. The molecule has 5 nitrogen and oxygen atoms in total. The first-order valence-electron chi connectivity index (χ1n) is 6.28. The minimum atomic E-state index is -0.804. The summed E-state index contributed by atoms with van der Waals surface area (Å²) in [5.41, 5.74) is 5.58. The summed E-state index contributed by atoms with van der Waals surface area (Å²) in [5.74, 6) is -1.31. The maximum Gasteiger partial charge on any atom is 0.308 e. The van der Waals surface area contributed by atoms with Gasteiger partial charge in [-0.25, -0.2) is 0 Å². The third-order valence-electron chi connectivity index (χ3n) is 3.26. The maximum atomic E-state index is 11.6. The summed E-state index contributed by atoms with van der Waals surface area (Å²) >= 11 is 0. The zero-order chi connectivity index (χ0) is 12.8. The van der Waals surface area contributed by atoms with E-state index in [-0.39, 0.29) is 18.0 Å². The molecule has 1 amide bonds. The molecule has 0 aliphatic heterocycles. The number of carboxylic acid groups (broad SMARTS) is 1. The van der Waals surface area contributed by atoms with Crippen LogP contribution in [0.15, 0.2) is 0 Å². The highest BCUT2D eigenvalue weighted by Crippen LogP contribution is 2.24. The molecular formula is C12H22N2O3. The Balaban J connectivity index is 2.42. The van der Waals surface area contributed by atoms with Crippen molar-refractivity contribution in [2.45, 2.75) is 57.5 Å². The summed E-state index contributed by atoms with van der Waals surface area (Å²) < 4.78 is 0. The van der Waals surface area contributed by atoms with E-state index < -0.39 is 11.9 Å². The first-order chi connectivity index (χ1) is 8.00. The van der Waals surface area contributed by atoms with Gasteiger partial charge in [-0.1, -0.05) is 12.8 Å². The molecule has 1 aliphatic carbocycles. The Morgan fingerprint density at radius 1 is 1.41 bits per heavy atom. The largest absolute Gasteiger partial charge is 0.481 e. The maximum absolute atomic E-state index is 11.6. The van der Waals surface area contributed by atoms with Gasteiger partial charge in [0, 0.05) is 18.5 Å². The van der Waals surface area contributed by atoms with Crippen molar-refractivity contribution in [3.8, 4) is 0 Å². The lowest BCUT2D eigenvalue weighted by Crippen LogP contribution is -2.45. The van der Waals surface area contributed by atoms with Gasteiger partial charge in [0.05, 0.1) is 5.92 Å². The average Bonchev–Trinajstić information content (AvgIpc) is 2.27. The summed E-state index contributed by atoms with van der Waals surface area (Å²) in [6.07, 6.45) is 4.36. The zero-order valence-electron chi connectivity index (χ0n) is 10.3. The van der Waals surface area contributed by atoms with Gasteiger partial charge in [0.2, 0.25) is 5.91 Å². The Morgan fingerprint density at radius 3 is 2.65 bits per heavy atom. The highest BCUT2D eigenvalue weighted by molar-refractivity contribution is 5.78. The van der Waals surface area contributed by atoms with Crippen molar-refractivity contribution in [3.63, 3.8) is 0 Å². The summed E-state index contributed by atoms with van der Waals surface area (Å²) in [6.45, 7) is 1.86. The van der Waals surface area contributed by atoms with E-state index in [1.807, 2.05) is 6.92 Å². The van der Waals surface area contributed by atoms with Gasteiger partial charge in [0.25, 0.3) is 0 Å². The molecular weight excluding hydrogens is 220 g/mol. The van der Waals surface area contributed by atoms with Gasteiger partial charge in [-0.3, -0.25) is 9.59 Å². The van der Waals surface area contributed by atoms with Crippen LogP contribution in [-0.2, 0) is 9.59 Å². The second-order valence-corrected chi connectivity index (χ2v) is 4.92. The molecule has 1 aliphatic rings. The number of hydrogen-bond donors (Lipinski definition) is 3. The molecule has 0 spiro atoms. The van der Waals surface area contributed by atoms with Crippen LogP contribution in [0.4, 0.5) is 0 Å². The van der Waals surface area contributed by atoms with E-state index in [9.17, 15) is 9.59 Å². The second kappa shape index (κ2) is 6.59. The van der Waals surface area contributed by atoms with Gasteiger partial charge >= 0.3 is 5.97 Å². The predicted octanol–water partition coefficient (Wildman–Crippen LogP) is 0.873. The van der Waals surface area contributed by atoms with Crippen LogP contribution >= 0.6 is 0 Å². The standard InChI is InChI=1S/C12H22N2O3/c1-8(13)6-7-11(15)14-10-5-3-2-4-9(10)12(16)17/h8-10H,2-7,13H2,1H3,(H,14,15)(H,16,17). The fourth-order valence-corrected chi connectivity index (χ4v) is 2.24. The van der Waals surface area contributed by atoms with Crippen LogP contribution in [0.25, 0.3) is 0 Å². The van der Waals surface area contributed by atoms with E-state index >= 15 is 0 Å². The summed E-state index contributed by atoms with van der Waals surface area (Å²) in [4.78, 5) is 22.7. The first kappa shape index (κ1) is 14.0. The predicted molar refractivity (Wildman–Crippen MR) is 64.4 cm³/mol. The summed E-state index contributed by atoms with van der Waals surface area (Å²) in [6, 6.07) is -0.204. The molecule has 98 valence electrons. The Kier molecular flexibility index (Phi) is 5.41. The molecule has 0 bridgehead atoms. The van der Waals surface area contributed by atoms with Crippen molar-refractivity contribution < 1.29 is 14.7 Å². The molecule has 5 heteroatoms. The highest BCUT2D eigenvalue weighted by Gasteiger charge is 2.31. The van der Waals surface area contributed by atoms with Crippen molar-refractivity contribution in [1.29, 1.82) is 0 Å². The van der Waals surface area contributed by atoms with Gasteiger partial charge in [-0.05, 0) is 26.2 Å². The lowest BCUT2D eigenvalue weighted by atomic mass is 9.84. The highest BCUT2D eigenvalue weighted by atomic mass is 16.4. The van der Waals surface area contributed by atoms with E-state index in [2.05, 4.69) is 5.32 Å². The van der Waals surface area contributed by atoms with Crippen LogP contribution in [0.2, 0.25) is 0 Å². The molecule has 17 heavy (non-hydrogen) atoms. The molecule has 4 N–H and O–H groups in total. The minimum absolute atomic E-state index is 0.00220. The molecule has 0 heterocycles. The number of amides is 1. The fourth-order valence-electron chi connectivity index (χ4n) is 2.24. The quantitative estimate of drug-likeness (QED) is 0.667. The summed E-state index contributed by atoms with van der Waals surface area (Å²) in [5, 5.41) is 11.9. The molecule has 1 rings (SSSR count). The first-order valence-corrected chi connectivity index (χ1v) is 6.28. The zero-order valence-corrected chi connectivity index (χ0v) is 10.3. The SMILES string of the molecule is CC(N)CCC(=O)NC1CCCCC1C(=O)O. The molecule has 0 aromatic carbocycles. The number of rotatable bonds is 5. The number of carboxylic acids is 1. The number of nitrogens with one attached hydrogen (secondary N) is 1. The van der Waals surface area contributed by atoms with Crippen molar-refractivity contribution >= 4 is 11.9 Å². The van der Waals surface area contributed by atoms with E-state index in [1.54, 1.807) is 0 Å². The molecule has 1 fully saturated rings. The van der Waals surface area contributed by atoms with Crippen LogP contribution in [0.5, 0.6) is 0 Å². The Bertz CT molecular complexity index is 279. The minimum Gasteiger partial charge on any atom is -0.481 e. The third-order valence-corrected chi connectivity index (χ3v) is 3.26. The van der Waals surface area contributed by atoms with Gasteiger partial charge in [-0.2, -0.15) is 0 Å². The van der Waals surface area contributed by atoms with Crippen LogP contribution in [-0.4, -0.2) is 29.1 Å². The number of nitrogens with two attached hydrogens (primary N) is 1.